The zero-order chi connectivity index (χ0) is 25.8. The van der Waals surface area contributed by atoms with Gasteiger partial charge >= 0.3 is 0 Å². The van der Waals surface area contributed by atoms with Crippen LogP contribution in [-0.2, 0) is 6.54 Å². The third kappa shape index (κ3) is 5.35. The monoisotopic (exact) mass is 491 g/mol. The summed E-state index contributed by atoms with van der Waals surface area (Å²) in [7, 11) is 1.60. The lowest BCUT2D eigenvalue weighted by Crippen LogP contribution is -2.41. The highest BCUT2D eigenvalue weighted by Gasteiger charge is 2.26. The molecule has 0 aliphatic carbocycles. The maximum atomic E-state index is 13.3. The molecule has 0 radical (unpaired) electrons. The van der Waals surface area contributed by atoms with Crippen molar-refractivity contribution in [2.24, 2.45) is 5.92 Å². The number of aromatic nitrogens is 3. The van der Waals surface area contributed by atoms with Crippen LogP contribution in [0.5, 0.6) is 5.75 Å². The third-order valence-corrected chi connectivity index (χ3v) is 6.61. The number of ether oxygens (including phenoxy) is 1. The average Bonchev–Trinajstić information content (AvgIpc) is 3.36. The number of para-hydroxylation sites is 2. The van der Waals surface area contributed by atoms with Crippen molar-refractivity contribution in [2.45, 2.75) is 46.2 Å². The van der Waals surface area contributed by atoms with Crippen LogP contribution in [0.25, 0.3) is 5.69 Å². The molecule has 1 aliphatic heterocycles. The van der Waals surface area contributed by atoms with Crippen molar-refractivity contribution < 1.29 is 14.3 Å². The van der Waals surface area contributed by atoms with E-state index in [2.05, 4.69) is 17.3 Å². The van der Waals surface area contributed by atoms with Gasteiger partial charge in [-0.1, -0.05) is 19.1 Å². The first-order valence-electron chi connectivity index (χ1n) is 12.3. The van der Waals surface area contributed by atoms with Crippen LogP contribution in [0.3, 0.4) is 0 Å². The second-order valence-electron chi connectivity index (χ2n) is 9.58. The Morgan fingerprint density at radius 2 is 1.81 bits per heavy atom. The first-order chi connectivity index (χ1) is 17.3. The molecule has 1 aromatic carbocycles. The summed E-state index contributed by atoms with van der Waals surface area (Å²) >= 11 is 0. The SMILES string of the molecule is COc1ccccc1-n1cc(CNC(=O)c2cn(C(C)C)cc(C(=O)N3CCC(C)CC3)c2=O)cn1. The minimum Gasteiger partial charge on any atom is -0.494 e. The van der Waals surface area contributed by atoms with Crippen LogP contribution in [0.2, 0.25) is 0 Å². The van der Waals surface area contributed by atoms with E-state index in [0.29, 0.717) is 24.8 Å². The largest absolute Gasteiger partial charge is 0.494 e. The second-order valence-corrected chi connectivity index (χ2v) is 9.58. The minimum absolute atomic E-state index is 0.0239. The van der Waals surface area contributed by atoms with Crippen LogP contribution in [0.4, 0.5) is 0 Å². The smallest absolute Gasteiger partial charge is 0.259 e. The summed E-state index contributed by atoms with van der Waals surface area (Å²) in [4.78, 5) is 41.3. The molecule has 2 aromatic heterocycles. The number of nitrogens with one attached hydrogen (secondary N) is 1. The van der Waals surface area contributed by atoms with Gasteiger partial charge in [0.1, 0.15) is 22.6 Å². The van der Waals surface area contributed by atoms with Crippen LogP contribution in [0, 0.1) is 5.92 Å². The molecular formula is C27H33N5O4. The standard InChI is InChI=1S/C27H33N5O4/c1-18(2)31-16-21(25(33)22(17-31)27(35)30-11-9-19(3)10-12-30)26(34)28-13-20-14-29-32(15-20)23-7-5-6-8-24(23)36-4/h5-8,14-19H,9-13H2,1-4H3,(H,28,34). The number of hydrogen-bond donors (Lipinski definition) is 1. The molecule has 9 heteroatoms. The highest BCUT2D eigenvalue weighted by Crippen LogP contribution is 2.22. The quantitative estimate of drug-likeness (QED) is 0.546. The van der Waals surface area contributed by atoms with E-state index < -0.39 is 11.3 Å². The van der Waals surface area contributed by atoms with Gasteiger partial charge in [-0.05, 0) is 44.7 Å². The third-order valence-electron chi connectivity index (χ3n) is 6.61. The number of nitrogens with zero attached hydrogens (tertiary/aromatic N) is 4. The van der Waals surface area contributed by atoms with Gasteiger partial charge in [-0.25, -0.2) is 4.68 Å². The molecule has 1 saturated heterocycles. The van der Waals surface area contributed by atoms with E-state index in [1.54, 1.807) is 39.8 Å². The Morgan fingerprint density at radius 1 is 1.11 bits per heavy atom. The van der Waals surface area contributed by atoms with E-state index in [1.807, 2.05) is 38.1 Å². The maximum Gasteiger partial charge on any atom is 0.259 e. The van der Waals surface area contributed by atoms with Gasteiger partial charge in [-0.3, -0.25) is 14.4 Å². The summed E-state index contributed by atoms with van der Waals surface area (Å²) in [6, 6.07) is 7.47. The van der Waals surface area contributed by atoms with E-state index in [-0.39, 0.29) is 29.6 Å². The number of methoxy groups -OCH3 is 1. The number of carbonyl (C=O) groups is 2. The molecule has 4 rings (SSSR count). The van der Waals surface area contributed by atoms with Gasteiger partial charge in [-0.15, -0.1) is 0 Å². The Kier molecular flexibility index (Phi) is 7.57. The van der Waals surface area contributed by atoms with Crippen molar-refractivity contribution >= 4 is 11.8 Å². The van der Waals surface area contributed by atoms with Crippen molar-refractivity contribution in [3.63, 3.8) is 0 Å². The van der Waals surface area contributed by atoms with Gasteiger partial charge in [0, 0.05) is 49.8 Å². The number of rotatable bonds is 7. The molecule has 1 fully saturated rings. The van der Waals surface area contributed by atoms with Gasteiger partial charge in [0.2, 0.25) is 5.43 Å². The molecule has 190 valence electrons. The molecule has 1 aliphatic rings. The maximum absolute atomic E-state index is 13.3. The predicted molar refractivity (Wildman–Crippen MR) is 137 cm³/mol. The molecule has 3 aromatic rings. The number of benzene rings is 1. The Hall–Kier alpha value is -3.88. The molecule has 3 heterocycles. The molecule has 0 saturated carbocycles. The summed E-state index contributed by atoms with van der Waals surface area (Å²) in [5.41, 5.74) is 0.980. The summed E-state index contributed by atoms with van der Waals surface area (Å²) in [5.74, 6) is 0.399. The number of pyridine rings is 1. The van der Waals surface area contributed by atoms with E-state index in [1.165, 1.54) is 6.20 Å². The summed E-state index contributed by atoms with van der Waals surface area (Å²) in [6.45, 7) is 7.46. The number of likely N-dealkylation sites (tertiary alicyclic amines) is 1. The molecule has 0 spiro atoms. The van der Waals surface area contributed by atoms with Crippen LogP contribution in [0.1, 0.15) is 65.9 Å². The first-order valence-corrected chi connectivity index (χ1v) is 12.3. The summed E-state index contributed by atoms with van der Waals surface area (Å²) in [6.07, 6.45) is 8.36. The fourth-order valence-electron chi connectivity index (χ4n) is 4.27. The normalized spacial score (nSPS) is 14.2. The van der Waals surface area contributed by atoms with E-state index in [0.717, 1.165) is 24.1 Å². The molecule has 2 amide bonds. The number of piperidine rings is 1. The number of carbonyl (C=O) groups excluding carboxylic acids is 2. The zero-order valence-corrected chi connectivity index (χ0v) is 21.2. The highest BCUT2D eigenvalue weighted by molar-refractivity contribution is 5.99. The van der Waals surface area contributed by atoms with Crippen LogP contribution in [0.15, 0.2) is 53.8 Å². The summed E-state index contributed by atoms with van der Waals surface area (Å²) < 4.78 is 8.81. The van der Waals surface area contributed by atoms with Crippen LogP contribution >= 0.6 is 0 Å². The Bertz CT molecular complexity index is 1300. The lowest BCUT2D eigenvalue weighted by molar-refractivity contribution is 0.0695. The molecule has 9 nitrogen and oxygen atoms in total. The van der Waals surface area contributed by atoms with Gasteiger partial charge in [-0.2, -0.15) is 5.10 Å². The van der Waals surface area contributed by atoms with Gasteiger partial charge < -0.3 is 19.5 Å². The highest BCUT2D eigenvalue weighted by atomic mass is 16.5. The number of amides is 2. The van der Waals surface area contributed by atoms with E-state index >= 15 is 0 Å². The Morgan fingerprint density at radius 3 is 2.50 bits per heavy atom. The molecule has 36 heavy (non-hydrogen) atoms. The van der Waals surface area contributed by atoms with Crippen molar-refractivity contribution in [1.29, 1.82) is 0 Å². The van der Waals surface area contributed by atoms with Crippen LogP contribution in [-0.4, -0.2) is 51.3 Å². The van der Waals surface area contributed by atoms with E-state index in [4.69, 9.17) is 4.74 Å². The first kappa shape index (κ1) is 25.2. The molecule has 0 unspecified atom stereocenters. The molecule has 0 bridgehead atoms. The van der Waals surface area contributed by atoms with Gasteiger partial charge in [0.15, 0.2) is 0 Å². The van der Waals surface area contributed by atoms with Gasteiger partial charge in [0.05, 0.1) is 13.3 Å². The fraction of sp³-hybridized carbons (Fsp3) is 0.407. The van der Waals surface area contributed by atoms with Crippen molar-refractivity contribution in [1.82, 2.24) is 24.6 Å². The van der Waals surface area contributed by atoms with Gasteiger partial charge in [0.25, 0.3) is 11.8 Å². The molecule has 0 atom stereocenters. The topological polar surface area (TPSA) is 98.5 Å². The summed E-state index contributed by atoms with van der Waals surface area (Å²) in [5, 5.41) is 7.17. The molecular weight excluding hydrogens is 458 g/mol. The minimum atomic E-state index is -0.544. The van der Waals surface area contributed by atoms with Crippen molar-refractivity contribution in [2.75, 3.05) is 20.2 Å². The molecule has 1 N–H and O–H groups in total. The average molecular weight is 492 g/mol. The lowest BCUT2D eigenvalue weighted by Gasteiger charge is -2.30. The van der Waals surface area contributed by atoms with Crippen LogP contribution < -0.4 is 15.5 Å². The number of hydrogen-bond acceptors (Lipinski definition) is 5. The van der Waals surface area contributed by atoms with E-state index in [9.17, 15) is 14.4 Å². The zero-order valence-electron chi connectivity index (χ0n) is 21.2. The Labute approximate surface area is 210 Å². The second kappa shape index (κ2) is 10.8. The van der Waals surface area contributed by atoms with Crippen molar-refractivity contribution in [3.05, 3.63) is 76.0 Å². The van der Waals surface area contributed by atoms with Crippen molar-refractivity contribution in [3.8, 4) is 11.4 Å². The predicted octanol–water partition coefficient (Wildman–Crippen LogP) is 3.43. The Balaban J connectivity index is 1.54. The fourth-order valence-corrected chi connectivity index (χ4v) is 4.27. The lowest BCUT2D eigenvalue weighted by atomic mass is 9.98.